The maximum atomic E-state index is 11.2. The Kier molecular flexibility index (Phi) is 3.91. The highest BCUT2D eigenvalue weighted by molar-refractivity contribution is 7.84. The SMILES string of the molecule is Cc1cc(C(=O)O)c(C)n1C(C)CS(C)=O. The van der Waals surface area contributed by atoms with Crippen LogP contribution in [0.1, 0.15) is 34.7 Å². The van der Waals surface area contributed by atoms with E-state index in [2.05, 4.69) is 0 Å². The number of carbonyl (C=O) groups is 1. The minimum Gasteiger partial charge on any atom is -0.478 e. The van der Waals surface area contributed by atoms with E-state index in [0.717, 1.165) is 11.4 Å². The van der Waals surface area contributed by atoms with Crippen LogP contribution in [0.4, 0.5) is 0 Å². The third kappa shape index (κ3) is 2.52. The summed E-state index contributed by atoms with van der Waals surface area (Å²) in [5, 5.41) is 8.99. The van der Waals surface area contributed by atoms with Gasteiger partial charge < -0.3 is 9.67 Å². The Morgan fingerprint density at radius 2 is 2.12 bits per heavy atom. The van der Waals surface area contributed by atoms with Gasteiger partial charge in [0.05, 0.1) is 5.56 Å². The van der Waals surface area contributed by atoms with Gasteiger partial charge in [0, 0.05) is 40.2 Å². The second-order valence-electron chi connectivity index (χ2n) is 4.05. The molecular formula is C11H17NO3S. The lowest BCUT2D eigenvalue weighted by Crippen LogP contribution is -2.15. The van der Waals surface area contributed by atoms with Crippen LogP contribution in [-0.2, 0) is 10.8 Å². The maximum Gasteiger partial charge on any atom is 0.337 e. The van der Waals surface area contributed by atoms with Crippen LogP contribution < -0.4 is 0 Å². The van der Waals surface area contributed by atoms with Gasteiger partial charge in [-0.2, -0.15) is 0 Å². The molecule has 0 radical (unpaired) electrons. The van der Waals surface area contributed by atoms with Crippen LogP contribution in [0.2, 0.25) is 0 Å². The molecule has 0 fully saturated rings. The van der Waals surface area contributed by atoms with Gasteiger partial charge in [-0.1, -0.05) is 0 Å². The first-order chi connectivity index (χ1) is 7.34. The van der Waals surface area contributed by atoms with Crippen molar-refractivity contribution in [2.75, 3.05) is 12.0 Å². The average molecular weight is 243 g/mol. The molecule has 2 atom stereocenters. The number of nitrogens with zero attached hydrogens (tertiary/aromatic N) is 1. The monoisotopic (exact) mass is 243 g/mol. The molecule has 0 amide bonds. The lowest BCUT2D eigenvalue weighted by Gasteiger charge is -2.17. The van der Waals surface area contributed by atoms with Gasteiger partial charge in [-0.25, -0.2) is 4.79 Å². The number of aryl methyl sites for hydroxylation is 1. The first-order valence-electron chi connectivity index (χ1n) is 5.06. The van der Waals surface area contributed by atoms with Crippen molar-refractivity contribution >= 4 is 16.8 Å². The van der Waals surface area contributed by atoms with Crippen molar-refractivity contribution in [3.63, 3.8) is 0 Å². The third-order valence-corrected chi connectivity index (χ3v) is 3.58. The first-order valence-corrected chi connectivity index (χ1v) is 6.79. The Balaban J connectivity index is 3.13. The van der Waals surface area contributed by atoms with Crippen LogP contribution in [0.3, 0.4) is 0 Å². The fourth-order valence-corrected chi connectivity index (χ4v) is 2.91. The second kappa shape index (κ2) is 4.82. The molecule has 0 spiro atoms. The van der Waals surface area contributed by atoms with E-state index in [4.69, 9.17) is 5.11 Å². The summed E-state index contributed by atoms with van der Waals surface area (Å²) >= 11 is 0. The highest BCUT2D eigenvalue weighted by Gasteiger charge is 2.18. The van der Waals surface area contributed by atoms with E-state index in [-0.39, 0.29) is 6.04 Å². The smallest absolute Gasteiger partial charge is 0.337 e. The fraction of sp³-hybridized carbons (Fsp3) is 0.545. The lowest BCUT2D eigenvalue weighted by atomic mass is 10.2. The van der Waals surface area contributed by atoms with Crippen molar-refractivity contribution in [3.05, 3.63) is 23.0 Å². The molecular weight excluding hydrogens is 226 g/mol. The molecule has 0 bridgehead atoms. The normalized spacial score (nSPS) is 14.8. The average Bonchev–Trinajstić information content (AvgIpc) is 2.40. The summed E-state index contributed by atoms with van der Waals surface area (Å²) in [6.07, 6.45) is 1.66. The second-order valence-corrected chi connectivity index (χ2v) is 5.53. The Labute approximate surface area is 97.7 Å². The van der Waals surface area contributed by atoms with E-state index in [1.165, 1.54) is 0 Å². The molecule has 1 aromatic rings. The minimum atomic E-state index is -0.913. The zero-order chi connectivity index (χ0) is 12.5. The van der Waals surface area contributed by atoms with Gasteiger partial charge in [0.2, 0.25) is 0 Å². The molecule has 0 saturated carbocycles. The summed E-state index contributed by atoms with van der Waals surface area (Å²) < 4.78 is 13.1. The van der Waals surface area contributed by atoms with Gasteiger partial charge in [0.15, 0.2) is 0 Å². The summed E-state index contributed by atoms with van der Waals surface area (Å²) in [6, 6.07) is 1.71. The van der Waals surface area contributed by atoms with Crippen molar-refractivity contribution in [2.45, 2.75) is 26.8 Å². The Morgan fingerprint density at radius 1 is 1.56 bits per heavy atom. The van der Waals surface area contributed by atoms with Crippen LogP contribution in [0.5, 0.6) is 0 Å². The molecule has 0 aliphatic rings. The lowest BCUT2D eigenvalue weighted by molar-refractivity contribution is 0.0696. The standard InChI is InChI=1S/C11H17NO3S/c1-7-5-10(11(13)14)9(3)12(7)8(2)6-16(4)15/h5,8H,6H2,1-4H3,(H,13,14). The van der Waals surface area contributed by atoms with E-state index in [0.29, 0.717) is 11.3 Å². The summed E-state index contributed by atoms with van der Waals surface area (Å²) in [6.45, 7) is 5.60. The molecule has 0 saturated heterocycles. The summed E-state index contributed by atoms with van der Waals surface area (Å²) in [4.78, 5) is 11.0. The van der Waals surface area contributed by atoms with Crippen LogP contribution in [0.25, 0.3) is 0 Å². The predicted molar refractivity (Wildman–Crippen MR) is 64.5 cm³/mol. The molecule has 1 N–H and O–H groups in total. The highest BCUT2D eigenvalue weighted by atomic mass is 32.2. The molecule has 16 heavy (non-hydrogen) atoms. The summed E-state index contributed by atoms with van der Waals surface area (Å²) in [7, 11) is -0.882. The van der Waals surface area contributed by atoms with Crippen molar-refractivity contribution in [1.29, 1.82) is 0 Å². The fourth-order valence-electron chi connectivity index (χ4n) is 2.09. The summed E-state index contributed by atoms with van der Waals surface area (Å²) in [5.74, 6) is -0.376. The molecule has 0 aliphatic carbocycles. The molecule has 0 aliphatic heterocycles. The Hall–Kier alpha value is -1.10. The Morgan fingerprint density at radius 3 is 2.50 bits per heavy atom. The molecule has 4 nitrogen and oxygen atoms in total. The van der Waals surface area contributed by atoms with Crippen LogP contribution >= 0.6 is 0 Å². The van der Waals surface area contributed by atoms with Crippen molar-refractivity contribution in [1.82, 2.24) is 4.57 Å². The number of aromatic carboxylic acids is 1. The van der Waals surface area contributed by atoms with Gasteiger partial charge in [-0.3, -0.25) is 4.21 Å². The van der Waals surface area contributed by atoms with Gasteiger partial charge in [-0.15, -0.1) is 0 Å². The zero-order valence-electron chi connectivity index (χ0n) is 9.98. The molecule has 0 aromatic carbocycles. The topological polar surface area (TPSA) is 59.3 Å². The van der Waals surface area contributed by atoms with E-state index in [9.17, 15) is 9.00 Å². The molecule has 5 heteroatoms. The Bertz CT molecular complexity index is 437. The van der Waals surface area contributed by atoms with Crippen molar-refractivity contribution in [3.8, 4) is 0 Å². The quantitative estimate of drug-likeness (QED) is 0.876. The van der Waals surface area contributed by atoms with Crippen LogP contribution in [0.15, 0.2) is 6.07 Å². The molecule has 1 heterocycles. The van der Waals surface area contributed by atoms with Crippen molar-refractivity contribution < 1.29 is 14.1 Å². The van der Waals surface area contributed by atoms with Gasteiger partial charge in [-0.05, 0) is 26.8 Å². The molecule has 1 rings (SSSR count). The van der Waals surface area contributed by atoms with Gasteiger partial charge in [0.25, 0.3) is 0 Å². The highest BCUT2D eigenvalue weighted by Crippen LogP contribution is 2.20. The number of hydrogen-bond acceptors (Lipinski definition) is 2. The van der Waals surface area contributed by atoms with E-state index >= 15 is 0 Å². The zero-order valence-corrected chi connectivity index (χ0v) is 10.8. The number of hydrogen-bond donors (Lipinski definition) is 1. The largest absolute Gasteiger partial charge is 0.478 e. The maximum absolute atomic E-state index is 11.2. The van der Waals surface area contributed by atoms with Crippen LogP contribution in [-0.4, -0.2) is 31.9 Å². The number of carboxylic acids is 1. The third-order valence-electron chi connectivity index (χ3n) is 2.63. The molecule has 90 valence electrons. The molecule has 1 aromatic heterocycles. The van der Waals surface area contributed by atoms with Crippen LogP contribution in [0, 0.1) is 13.8 Å². The first kappa shape index (κ1) is 13.0. The van der Waals surface area contributed by atoms with Gasteiger partial charge >= 0.3 is 5.97 Å². The predicted octanol–water partition coefficient (Wildman–Crippen LogP) is 1.74. The van der Waals surface area contributed by atoms with E-state index < -0.39 is 16.8 Å². The van der Waals surface area contributed by atoms with Gasteiger partial charge in [0.1, 0.15) is 0 Å². The minimum absolute atomic E-state index is 0.0546. The van der Waals surface area contributed by atoms with Crippen molar-refractivity contribution in [2.24, 2.45) is 0 Å². The number of aromatic nitrogens is 1. The number of carboxylic acid groups (broad SMARTS) is 1. The summed E-state index contributed by atoms with van der Waals surface area (Å²) in [5.41, 5.74) is 1.95. The van der Waals surface area contributed by atoms with E-state index in [1.807, 2.05) is 18.4 Å². The van der Waals surface area contributed by atoms with E-state index in [1.54, 1.807) is 19.2 Å². The molecule has 2 unspecified atom stereocenters. The number of rotatable bonds is 4.